The molecule has 0 fully saturated rings. The van der Waals surface area contributed by atoms with Crippen molar-refractivity contribution in [2.45, 2.75) is 31.3 Å². The van der Waals surface area contributed by atoms with Gasteiger partial charge in [0.1, 0.15) is 5.82 Å². The van der Waals surface area contributed by atoms with Gasteiger partial charge >= 0.3 is 0 Å². The van der Waals surface area contributed by atoms with Crippen molar-refractivity contribution in [1.29, 1.82) is 0 Å². The molecule has 0 radical (unpaired) electrons. The summed E-state index contributed by atoms with van der Waals surface area (Å²) in [6.45, 7) is 5.35. The summed E-state index contributed by atoms with van der Waals surface area (Å²) in [7, 11) is 1.67. The largest absolute Gasteiger partial charge is 0.383 e. The topological polar surface area (TPSA) is 27.1 Å². The number of imidazole rings is 1. The van der Waals surface area contributed by atoms with Crippen molar-refractivity contribution in [3.63, 3.8) is 0 Å². The Morgan fingerprint density at radius 2 is 2.14 bits per heavy atom. The third-order valence-corrected chi connectivity index (χ3v) is 4.71. The lowest BCUT2D eigenvalue weighted by atomic mass is 10.2. The van der Waals surface area contributed by atoms with Crippen LogP contribution in [0.2, 0.25) is 5.02 Å². The maximum atomic E-state index is 13.8. The number of benzene rings is 1. The first-order valence-electron chi connectivity index (χ1n) is 6.63. The maximum Gasteiger partial charge on any atom is 0.168 e. The number of hydrogen-bond acceptors (Lipinski definition) is 3. The van der Waals surface area contributed by atoms with Crippen molar-refractivity contribution in [2.24, 2.45) is 0 Å². The number of methoxy groups -OCH3 is 1. The van der Waals surface area contributed by atoms with Crippen LogP contribution in [-0.2, 0) is 17.0 Å². The molecular formula is C15H18ClFN2OS. The van der Waals surface area contributed by atoms with Gasteiger partial charge < -0.3 is 9.30 Å². The van der Waals surface area contributed by atoms with Crippen molar-refractivity contribution >= 4 is 23.4 Å². The van der Waals surface area contributed by atoms with Gasteiger partial charge in [0.2, 0.25) is 0 Å². The Balaban J connectivity index is 2.18. The van der Waals surface area contributed by atoms with Gasteiger partial charge in [-0.2, -0.15) is 0 Å². The molecule has 0 bridgehead atoms. The zero-order valence-electron chi connectivity index (χ0n) is 12.3. The lowest BCUT2D eigenvalue weighted by Crippen LogP contribution is -2.07. The van der Waals surface area contributed by atoms with Gasteiger partial charge in [-0.15, -0.1) is 0 Å². The molecule has 0 spiro atoms. The molecule has 0 amide bonds. The fourth-order valence-electron chi connectivity index (χ4n) is 1.99. The number of hydrogen-bond donors (Lipinski definition) is 0. The molecule has 0 N–H and O–H groups in total. The minimum absolute atomic E-state index is 0.279. The van der Waals surface area contributed by atoms with Gasteiger partial charge in [-0.25, -0.2) is 9.37 Å². The van der Waals surface area contributed by atoms with E-state index in [-0.39, 0.29) is 5.82 Å². The highest BCUT2D eigenvalue weighted by atomic mass is 35.5. The molecule has 3 nitrogen and oxygen atoms in total. The van der Waals surface area contributed by atoms with E-state index in [1.165, 1.54) is 17.8 Å². The van der Waals surface area contributed by atoms with Crippen molar-refractivity contribution < 1.29 is 9.13 Å². The lowest BCUT2D eigenvalue weighted by Gasteiger charge is -2.10. The Morgan fingerprint density at radius 3 is 2.81 bits per heavy atom. The van der Waals surface area contributed by atoms with Gasteiger partial charge in [0.05, 0.1) is 12.3 Å². The molecule has 6 heteroatoms. The molecule has 0 saturated heterocycles. The predicted molar refractivity (Wildman–Crippen MR) is 84.5 cm³/mol. The molecule has 0 atom stereocenters. The van der Waals surface area contributed by atoms with Gasteiger partial charge in [-0.05, 0) is 26.0 Å². The molecule has 0 aliphatic carbocycles. The summed E-state index contributed by atoms with van der Waals surface area (Å²) in [4.78, 5) is 4.54. The molecule has 0 saturated carbocycles. The summed E-state index contributed by atoms with van der Waals surface area (Å²) in [5.74, 6) is 0.174. The minimum Gasteiger partial charge on any atom is -0.383 e. The minimum atomic E-state index is -0.279. The third-order valence-electron chi connectivity index (χ3n) is 3.35. The van der Waals surface area contributed by atoms with E-state index in [0.717, 1.165) is 23.1 Å². The van der Waals surface area contributed by atoms with E-state index in [1.54, 1.807) is 19.2 Å². The fourth-order valence-corrected chi connectivity index (χ4v) is 3.45. The average molecular weight is 329 g/mol. The van der Waals surface area contributed by atoms with Gasteiger partial charge in [-0.3, -0.25) is 0 Å². The molecule has 1 aromatic carbocycles. The van der Waals surface area contributed by atoms with E-state index < -0.39 is 0 Å². The molecular weight excluding hydrogens is 311 g/mol. The van der Waals surface area contributed by atoms with Crippen LogP contribution in [0.15, 0.2) is 23.4 Å². The molecule has 114 valence electrons. The second-order valence-corrected chi connectivity index (χ2v) is 6.05. The van der Waals surface area contributed by atoms with Crippen LogP contribution in [0.5, 0.6) is 0 Å². The van der Waals surface area contributed by atoms with E-state index in [2.05, 4.69) is 9.55 Å². The summed E-state index contributed by atoms with van der Waals surface area (Å²) in [6.07, 6.45) is 0. The zero-order chi connectivity index (χ0) is 15.4. The Hall–Kier alpha value is -1.04. The highest BCUT2D eigenvalue weighted by Gasteiger charge is 2.14. The Morgan fingerprint density at radius 1 is 1.38 bits per heavy atom. The van der Waals surface area contributed by atoms with Crippen molar-refractivity contribution in [3.8, 4) is 0 Å². The van der Waals surface area contributed by atoms with Gasteiger partial charge in [0, 0.05) is 35.7 Å². The van der Waals surface area contributed by atoms with E-state index in [1.807, 2.05) is 13.8 Å². The summed E-state index contributed by atoms with van der Waals surface area (Å²) in [5, 5.41) is 1.31. The van der Waals surface area contributed by atoms with Crippen LogP contribution in [0.3, 0.4) is 0 Å². The van der Waals surface area contributed by atoms with Crippen molar-refractivity contribution in [3.05, 3.63) is 46.0 Å². The van der Waals surface area contributed by atoms with Gasteiger partial charge in [0.25, 0.3) is 0 Å². The van der Waals surface area contributed by atoms with Crippen LogP contribution in [0.25, 0.3) is 0 Å². The number of ether oxygens (including phenoxy) is 1. The van der Waals surface area contributed by atoms with Crippen LogP contribution < -0.4 is 0 Å². The average Bonchev–Trinajstić information content (AvgIpc) is 2.71. The summed E-state index contributed by atoms with van der Waals surface area (Å²) < 4.78 is 21.0. The molecule has 21 heavy (non-hydrogen) atoms. The van der Waals surface area contributed by atoms with Crippen molar-refractivity contribution in [1.82, 2.24) is 9.55 Å². The highest BCUT2D eigenvalue weighted by molar-refractivity contribution is 7.98. The van der Waals surface area contributed by atoms with Crippen LogP contribution in [-0.4, -0.2) is 23.3 Å². The molecule has 0 aliphatic rings. The smallest absolute Gasteiger partial charge is 0.168 e. The first kappa shape index (κ1) is 16.3. The first-order valence-corrected chi connectivity index (χ1v) is 7.99. The van der Waals surface area contributed by atoms with E-state index in [9.17, 15) is 4.39 Å². The lowest BCUT2D eigenvalue weighted by molar-refractivity contribution is 0.184. The number of nitrogens with zero attached hydrogens (tertiary/aromatic N) is 2. The normalized spacial score (nSPS) is 11.1. The summed E-state index contributed by atoms with van der Waals surface area (Å²) >= 11 is 7.54. The Labute approximate surface area is 133 Å². The Bertz CT molecular complexity index is 610. The monoisotopic (exact) mass is 328 g/mol. The van der Waals surface area contributed by atoms with Crippen LogP contribution in [0.4, 0.5) is 4.39 Å². The summed E-state index contributed by atoms with van der Waals surface area (Å²) in [5.41, 5.74) is 2.60. The van der Waals surface area contributed by atoms with Crippen molar-refractivity contribution in [2.75, 3.05) is 13.7 Å². The molecule has 1 heterocycles. The number of rotatable bonds is 6. The van der Waals surface area contributed by atoms with E-state index in [0.29, 0.717) is 22.9 Å². The number of aromatic nitrogens is 2. The molecule has 1 aromatic heterocycles. The van der Waals surface area contributed by atoms with Gasteiger partial charge in [-0.1, -0.05) is 29.4 Å². The van der Waals surface area contributed by atoms with Gasteiger partial charge in [0.15, 0.2) is 5.16 Å². The maximum absolute atomic E-state index is 13.8. The SMILES string of the molecule is COCCn1c(SCc2c(F)cccc2Cl)nc(C)c1C. The number of aryl methyl sites for hydroxylation is 1. The quantitative estimate of drug-likeness (QED) is 0.742. The Kier molecular flexibility index (Phi) is 5.67. The number of halogens is 2. The predicted octanol–water partition coefficient (Wildman–Crippen LogP) is 4.23. The molecule has 2 aromatic rings. The second-order valence-electron chi connectivity index (χ2n) is 4.70. The van der Waals surface area contributed by atoms with E-state index in [4.69, 9.17) is 16.3 Å². The molecule has 0 aliphatic heterocycles. The van der Waals surface area contributed by atoms with Crippen LogP contribution in [0.1, 0.15) is 17.0 Å². The third kappa shape index (κ3) is 3.78. The summed E-state index contributed by atoms with van der Waals surface area (Å²) in [6, 6.07) is 4.74. The molecule has 2 rings (SSSR count). The first-order chi connectivity index (χ1) is 10.0. The van der Waals surface area contributed by atoms with Crippen LogP contribution in [0, 0.1) is 19.7 Å². The molecule has 0 unspecified atom stereocenters. The van der Waals surface area contributed by atoms with Crippen LogP contribution >= 0.6 is 23.4 Å². The highest BCUT2D eigenvalue weighted by Crippen LogP contribution is 2.29. The van der Waals surface area contributed by atoms with E-state index >= 15 is 0 Å². The fraction of sp³-hybridized carbons (Fsp3) is 0.400. The number of thioether (sulfide) groups is 1. The zero-order valence-corrected chi connectivity index (χ0v) is 13.9. The standard InChI is InChI=1S/C15H18ClFN2OS/c1-10-11(2)19(7-8-20-3)15(18-10)21-9-12-13(16)5-4-6-14(12)17/h4-6H,7-9H2,1-3H3. The second kappa shape index (κ2) is 7.29.